The minimum Gasteiger partial charge on any atom is -0.508 e. The van der Waals surface area contributed by atoms with Gasteiger partial charge < -0.3 is 15.7 Å². The van der Waals surface area contributed by atoms with Crippen molar-refractivity contribution in [1.29, 1.82) is 0 Å². The normalized spacial score (nSPS) is 11.8. The van der Waals surface area contributed by atoms with Gasteiger partial charge in [0.05, 0.1) is 0 Å². The van der Waals surface area contributed by atoms with Crippen LogP contribution in [0.1, 0.15) is 39.5 Å². The standard InChI is InChI=1S/C24H26N2O2/c1-25-24(28)20-11-7-10-19(16-20)17-26-22(21-12-5-6-13-23(21)27)15-14-18-8-3-2-4-9-18/h2-13,16,22,26-27H,14-15,17H2,1H3,(H,25,28)/t22-/m0/s1. The van der Waals surface area contributed by atoms with Crippen LogP contribution in [0.3, 0.4) is 0 Å². The van der Waals surface area contributed by atoms with Crippen molar-refractivity contribution in [1.82, 2.24) is 10.6 Å². The van der Waals surface area contributed by atoms with E-state index in [0.717, 1.165) is 24.0 Å². The zero-order valence-corrected chi connectivity index (χ0v) is 16.1. The number of aryl methyl sites for hydroxylation is 1. The highest BCUT2D eigenvalue weighted by Crippen LogP contribution is 2.27. The van der Waals surface area contributed by atoms with Crippen LogP contribution < -0.4 is 10.6 Å². The molecule has 0 radical (unpaired) electrons. The summed E-state index contributed by atoms with van der Waals surface area (Å²) in [5.74, 6) is 0.204. The molecule has 3 aromatic carbocycles. The molecule has 0 aromatic heterocycles. The minimum atomic E-state index is -0.0943. The molecule has 28 heavy (non-hydrogen) atoms. The summed E-state index contributed by atoms with van der Waals surface area (Å²) >= 11 is 0. The predicted octanol–water partition coefficient (Wildman–Crippen LogP) is 4.22. The number of amides is 1. The van der Waals surface area contributed by atoms with Crippen LogP contribution in [0.4, 0.5) is 0 Å². The van der Waals surface area contributed by atoms with E-state index in [2.05, 4.69) is 22.8 Å². The van der Waals surface area contributed by atoms with Gasteiger partial charge in [-0.25, -0.2) is 0 Å². The van der Waals surface area contributed by atoms with E-state index >= 15 is 0 Å². The Morgan fingerprint density at radius 3 is 2.39 bits per heavy atom. The zero-order valence-electron chi connectivity index (χ0n) is 16.1. The lowest BCUT2D eigenvalue weighted by atomic mass is 9.97. The van der Waals surface area contributed by atoms with Crippen molar-refractivity contribution < 1.29 is 9.90 Å². The Morgan fingerprint density at radius 2 is 1.64 bits per heavy atom. The monoisotopic (exact) mass is 374 g/mol. The predicted molar refractivity (Wildman–Crippen MR) is 112 cm³/mol. The number of para-hydroxylation sites is 1. The first-order valence-corrected chi connectivity index (χ1v) is 9.53. The number of aromatic hydroxyl groups is 1. The quantitative estimate of drug-likeness (QED) is 0.553. The second kappa shape index (κ2) is 9.72. The second-order valence-corrected chi connectivity index (χ2v) is 6.80. The van der Waals surface area contributed by atoms with E-state index in [1.54, 1.807) is 19.2 Å². The molecular weight excluding hydrogens is 348 g/mol. The van der Waals surface area contributed by atoms with Crippen molar-refractivity contribution in [2.24, 2.45) is 0 Å². The van der Waals surface area contributed by atoms with Gasteiger partial charge in [0.2, 0.25) is 0 Å². The molecular formula is C24H26N2O2. The number of hydrogen-bond acceptors (Lipinski definition) is 3. The molecule has 0 aliphatic carbocycles. The summed E-state index contributed by atoms with van der Waals surface area (Å²) in [5, 5.41) is 16.5. The van der Waals surface area contributed by atoms with Crippen LogP contribution in [-0.2, 0) is 13.0 Å². The van der Waals surface area contributed by atoms with Gasteiger partial charge in [0.25, 0.3) is 5.91 Å². The molecule has 0 aliphatic heterocycles. The number of carbonyl (C=O) groups excluding carboxylic acids is 1. The highest BCUT2D eigenvalue weighted by Gasteiger charge is 2.15. The number of benzene rings is 3. The lowest BCUT2D eigenvalue weighted by Crippen LogP contribution is -2.22. The lowest BCUT2D eigenvalue weighted by molar-refractivity contribution is 0.0963. The zero-order chi connectivity index (χ0) is 19.8. The molecule has 3 aromatic rings. The summed E-state index contributed by atoms with van der Waals surface area (Å²) in [4.78, 5) is 11.9. The number of nitrogens with one attached hydrogen (secondary N) is 2. The fraction of sp³-hybridized carbons (Fsp3) is 0.208. The molecule has 0 saturated carbocycles. The van der Waals surface area contributed by atoms with Gasteiger partial charge >= 0.3 is 0 Å². The van der Waals surface area contributed by atoms with E-state index in [1.807, 2.05) is 54.6 Å². The van der Waals surface area contributed by atoms with Crippen LogP contribution in [0.5, 0.6) is 5.75 Å². The summed E-state index contributed by atoms with van der Waals surface area (Å²) in [5.41, 5.74) is 3.83. The third-order valence-corrected chi connectivity index (χ3v) is 4.85. The summed E-state index contributed by atoms with van der Waals surface area (Å²) in [7, 11) is 1.63. The van der Waals surface area contributed by atoms with Gasteiger partial charge in [-0.05, 0) is 42.2 Å². The number of phenols is 1. The Kier molecular flexibility index (Phi) is 6.82. The maximum atomic E-state index is 11.9. The highest BCUT2D eigenvalue weighted by molar-refractivity contribution is 5.94. The maximum Gasteiger partial charge on any atom is 0.251 e. The van der Waals surface area contributed by atoms with Crippen molar-refractivity contribution in [3.05, 3.63) is 101 Å². The van der Waals surface area contributed by atoms with Crippen molar-refractivity contribution in [3.8, 4) is 5.75 Å². The smallest absolute Gasteiger partial charge is 0.251 e. The molecule has 4 nitrogen and oxygen atoms in total. The Morgan fingerprint density at radius 1 is 0.929 bits per heavy atom. The number of carbonyl (C=O) groups is 1. The topological polar surface area (TPSA) is 61.4 Å². The Hall–Kier alpha value is -3.11. The molecule has 0 aliphatic rings. The first kappa shape index (κ1) is 19.6. The molecule has 1 amide bonds. The van der Waals surface area contributed by atoms with Crippen LogP contribution in [0.15, 0.2) is 78.9 Å². The SMILES string of the molecule is CNC(=O)c1cccc(CN[C@@H](CCc2ccccc2)c2ccccc2O)c1. The minimum absolute atomic E-state index is 0.00469. The molecule has 1 atom stereocenters. The van der Waals surface area contributed by atoms with Gasteiger partial charge in [0.1, 0.15) is 5.75 Å². The van der Waals surface area contributed by atoms with E-state index in [4.69, 9.17) is 0 Å². The van der Waals surface area contributed by atoms with Gasteiger partial charge in [-0.2, -0.15) is 0 Å². The molecule has 0 unspecified atom stereocenters. The average molecular weight is 374 g/mol. The fourth-order valence-electron chi connectivity index (χ4n) is 3.31. The van der Waals surface area contributed by atoms with Gasteiger partial charge in [-0.1, -0.05) is 60.7 Å². The van der Waals surface area contributed by atoms with Crippen molar-refractivity contribution in [2.45, 2.75) is 25.4 Å². The second-order valence-electron chi connectivity index (χ2n) is 6.80. The van der Waals surface area contributed by atoms with Crippen molar-refractivity contribution >= 4 is 5.91 Å². The molecule has 0 saturated heterocycles. The summed E-state index contributed by atoms with van der Waals surface area (Å²) in [6.45, 7) is 0.610. The molecule has 3 rings (SSSR count). The van der Waals surface area contributed by atoms with Crippen LogP contribution in [0.25, 0.3) is 0 Å². The van der Waals surface area contributed by atoms with Gasteiger partial charge in [-0.3, -0.25) is 4.79 Å². The number of phenolic OH excluding ortho intramolecular Hbond substituents is 1. The van der Waals surface area contributed by atoms with E-state index in [9.17, 15) is 9.90 Å². The number of rotatable bonds is 8. The molecule has 144 valence electrons. The van der Waals surface area contributed by atoms with E-state index in [0.29, 0.717) is 17.9 Å². The Bertz CT molecular complexity index is 909. The van der Waals surface area contributed by atoms with Crippen LogP contribution in [0, 0.1) is 0 Å². The highest BCUT2D eigenvalue weighted by atomic mass is 16.3. The molecule has 3 N–H and O–H groups in total. The van der Waals surface area contributed by atoms with Crippen molar-refractivity contribution in [3.63, 3.8) is 0 Å². The van der Waals surface area contributed by atoms with Crippen LogP contribution >= 0.6 is 0 Å². The lowest BCUT2D eigenvalue weighted by Gasteiger charge is -2.21. The van der Waals surface area contributed by atoms with E-state index in [1.165, 1.54) is 5.56 Å². The molecule has 4 heteroatoms. The fourth-order valence-corrected chi connectivity index (χ4v) is 3.31. The molecule has 0 spiro atoms. The van der Waals surface area contributed by atoms with Gasteiger partial charge in [0.15, 0.2) is 0 Å². The summed E-state index contributed by atoms with van der Waals surface area (Å²) in [6, 6.07) is 25.4. The third-order valence-electron chi connectivity index (χ3n) is 4.85. The molecule has 0 bridgehead atoms. The van der Waals surface area contributed by atoms with Gasteiger partial charge in [0, 0.05) is 30.8 Å². The molecule has 0 fully saturated rings. The van der Waals surface area contributed by atoms with Crippen LogP contribution in [-0.4, -0.2) is 18.1 Å². The average Bonchev–Trinajstić information content (AvgIpc) is 2.75. The van der Waals surface area contributed by atoms with E-state index in [-0.39, 0.29) is 11.9 Å². The Balaban J connectivity index is 1.74. The number of hydrogen-bond donors (Lipinski definition) is 3. The Labute approximate surface area is 166 Å². The van der Waals surface area contributed by atoms with Crippen LogP contribution in [0.2, 0.25) is 0 Å². The van der Waals surface area contributed by atoms with Crippen molar-refractivity contribution in [2.75, 3.05) is 7.05 Å². The molecule has 0 heterocycles. The maximum absolute atomic E-state index is 11.9. The summed E-state index contributed by atoms with van der Waals surface area (Å²) in [6.07, 6.45) is 1.77. The van der Waals surface area contributed by atoms with Gasteiger partial charge in [-0.15, -0.1) is 0 Å². The third kappa shape index (κ3) is 5.21. The summed E-state index contributed by atoms with van der Waals surface area (Å²) < 4.78 is 0. The van der Waals surface area contributed by atoms with E-state index < -0.39 is 0 Å². The largest absolute Gasteiger partial charge is 0.508 e. The first-order chi connectivity index (χ1) is 13.7. The first-order valence-electron chi connectivity index (χ1n) is 9.53.